The van der Waals surface area contributed by atoms with Crippen molar-refractivity contribution in [3.63, 3.8) is 0 Å². The van der Waals surface area contributed by atoms with E-state index in [1.165, 1.54) is 26.0 Å². The number of anilines is 1. The van der Waals surface area contributed by atoms with Gasteiger partial charge in [0, 0.05) is 11.1 Å². The second kappa shape index (κ2) is 6.65. The van der Waals surface area contributed by atoms with E-state index in [9.17, 15) is 18.8 Å². The van der Waals surface area contributed by atoms with E-state index in [4.69, 9.17) is 5.11 Å². The molecule has 0 aliphatic rings. The molecular formula is C14H15FN2O4. The van der Waals surface area contributed by atoms with Crippen molar-refractivity contribution in [2.45, 2.75) is 20.8 Å². The van der Waals surface area contributed by atoms with Crippen molar-refractivity contribution >= 4 is 23.6 Å². The molecule has 0 heterocycles. The molecule has 0 aliphatic carbocycles. The van der Waals surface area contributed by atoms with E-state index in [1.54, 1.807) is 13.0 Å². The van der Waals surface area contributed by atoms with Gasteiger partial charge < -0.3 is 10.4 Å². The first-order valence-corrected chi connectivity index (χ1v) is 6.01. The molecular weight excluding hydrogens is 279 g/mol. The van der Waals surface area contributed by atoms with Crippen LogP contribution in [0.1, 0.15) is 19.4 Å². The fraction of sp³-hybridized carbons (Fsp3) is 0.214. The van der Waals surface area contributed by atoms with Crippen molar-refractivity contribution < 1.29 is 23.9 Å². The van der Waals surface area contributed by atoms with Crippen molar-refractivity contribution in [1.82, 2.24) is 5.32 Å². The highest BCUT2D eigenvalue weighted by atomic mass is 19.1. The third-order valence-corrected chi connectivity index (χ3v) is 2.82. The lowest BCUT2D eigenvalue weighted by atomic mass is 10.1. The van der Waals surface area contributed by atoms with Crippen LogP contribution in [0.15, 0.2) is 29.3 Å². The van der Waals surface area contributed by atoms with Gasteiger partial charge in [-0.1, -0.05) is 6.07 Å². The predicted octanol–water partition coefficient (Wildman–Crippen LogP) is 2.20. The molecule has 1 rings (SSSR count). The topological polar surface area (TPSA) is 95.5 Å². The fourth-order valence-corrected chi connectivity index (χ4v) is 1.40. The van der Waals surface area contributed by atoms with Crippen LogP contribution in [-0.2, 0) is 9.59 Å². The van der Waals surface area contributed by atoms with E-state index in [-0.39, 0.29) is 16.8 Å². The Morgan fingerprint density at radius 1 is 1.14 bits per heavy atom. The molecule has 3 amide bonds. The van der Waals surface area contributed by atoms with E-state index in [2.05, 4.69) is 5.32 Å². The van der Waals surface area contributed by atoms with Crippen molar-refractivity contribution in [1.29, 1.82) is 0 Å². The number of aryl methyl sites for hydroxylation is 1. The lowest BCUT2D eigenvalue weighted by molar-refractivity contribution is -0.133. The number of imide groups is 1. The fourth-order valence-electron chi connectivity index (χ4n) is 1.40. The number of carbonyl (C=O) groups is 3. The third-order valence-electron chi connectivity index (χ3n) is 2.82. The summed E-state index contributed by atoms with van der Waals surface area (Å²) < 4.78 is 13.5. The summed E-state index contributed by atoms with van der Waals surface area (Å²) in [5.74, 6) is -2.75. The maximum absolute atomic E-state index is 13.5. The number of carboxylic acids is 1. The Morgan fingerprint density at radius 3 is 2.29 bits per heavy atom. The van der Waals surface area contributed by atoms with Crippen LogP contribution in [0.4, 0.5) is 14.9 Å². The summed E-state index contributed by atoms with van der Waals surface area (Å²) in [4.78, 5) is 33.9. The van der Waals surface area contributed by atoms with Gasteiger partial charge in [0.1, 0.15) is 5.82 Å². The molecule has 0 unspecified atom stereocenters. The summed E-state index contributed by atoms with van der Waals surface area (Å²) in [5.41, 5.74) is 0.316. The highest BCUT2D eigenvalue weighted by Gasteiger charge is 2.16. The normalized spacial score (nSPS) is 11.4. The summed E-state index contributed by atoms with van der Waals surface area (Å²) in [5, 5.41) is 12.8. The largest absolute Gasteiger partial charge is 0.478 e. The molecule has 6 nitrogen and oxygen atoms in total. The second-order valence-electron chi connectivity index (χ2n) is 4.45. The molecule has 0 saturated carbocycles. The smallest absolute Gasteiger partial charge is 0.331 e. The maximum Gasteiger partial charge on any atom is 0.331 e. The van der Waals surface area contributed by atoms with Crippen molar-refractivity contribution in [3.8, 4) is 0 Å². The van der Waals surface area contributed by atoms with Crippen LogP contribution in [0.2, 0.25) is 0 Å². The van der Waals surface area contributed by atoms with Gasteiger partial charge in [-0.15, -0.1) is 0 Å². The minimum atomic E-state index is -1.26. The van der Waals surface area contributed by atoms with Gasteiger partial charge in [-0.05, 0) is 38.5 Å². The molecule has 1 aromatic rings. The molecule has 0 aromatic heterocycles. The number of carboxylic acid groups (broad SMARTS) is 1. The monoisotopic (exact) mass is 294 g/mol. The van der Waals surface area contributed by atoms with E-state index >= 15 is 0 Å². The number of urea groups is 1. The van der Waals surface area contributed by atoms with Crippen molar-refractivity contribution in [3.05, 3.63) is 40.7 Å². The zero-order valence-electron chi connectivity index (χ0n) is 11.8. The first-order valence-electron chi connectivity index (χ1n) is 6.01. The molecule has 0 bridgehead atoms. The van der Waals surface area contributed by atoms with Gasteiger partial charge in [-0.2, -0.15) is 0 Å². The SMILES string of the molecule is CC(C(=O)O)=C(C)C(=O)NC(=O)Nc1ccc(C)cc1F. The first-order chi connectivity index (χ1) is 9.72. The molecule has 112 valence electrons. The number of amides is 3. The van der Waals surface area contributed by atoms with E-state index in [0.29, 0.717) is 5.56 Å². The Bertz CT molecular complexity index is 638. The summed E-state index contributed by atoms with van der Waals surface area (Å²) in [6.45, 7) is 4.21. The highest BCUT2D eigenvalue weighted by molar-refractivity contribution is 6.10. The van der Waals surface area contributed by atoms with Gasteiger partial charge in [0.25, 0.3) is 5.91 Å². The van der Waals surface area contributed by atoms with Crippen LogP contribution in [0.25, 0.3) is 0 Å². The third kappa shape index (κ3) is 4.41. The van der Waals surface area contributed by atoms with E-state index in [1.807, 2.05) is 5.32 Å². The Balaban J connectivity index is 2.76. The molecule has 0 atom stereocenters. The Kier molecular flexibility index (Phi) is 5.18. The number of rotatable bonds is 3. The zero-order chi connectivity index (χ0) is 16.2. The summed E-state index contributed by atoms with van der Waals surface area (Å²) >= 11 is 0. The van der Waals surface area contributed by atoms with Crippen LogP contribution < -0.4 is 10.6 Å². The standard InChI is InChI=1S/C14H15FN2O4/c1-7-4-5-11(10(15)6-7)16-14(21)17-12(18)8(2)9(3)13(19)20/h4-6H,1-3H3,(H,19,20)(H2,16,17,18,21). The number of nitrogens with one attached hydrogen (secondary N) is 2. The second-order valence-corrected chi connectivity index (χ2v) is 4.45. The van der Waals surface area contributed by atoms with Crippen LogP contribution in [0.3, 0.4) is 0 Å². The minimum Gasteiger partial charge on any atom is -0.478 e. The van der Waals surface area contributed by atoms with E-state index in [0.717, 1.165) is 0 Å². The quantitative estimate of drug-likeness (QED) is 0.745. The van der Waals surface area contributed by atoms with Crippen LogP contribution >= 0.6 is 0 Å². The first kappa shape index (κ1) is 16.4. The molecule has 0 fully saturated rings. The van der Waals surface area contributed by atoms with Crippen LogP contribution in [0, 0.1) is 12.7 Å². The minimum absolute atomic E-state index is 0.0810. The Labute approximate surface area is 120 Å². The summed E-state index contributed by atoms with van der Waals surface area (Å²) in [7, 11) is 0. The summed E-state index contributed by atoms with van der Waals surface area (Å²) in [6.07, 6.45) is 0. The van der Waals surface area contributed by atoms with Gasteiger partial charge >= 0.3 is 12.0 Å². The van der Waals surface area contributed by atoms with Crippen molar-refractivity contribution in [2.75, 3.05) is 5.32 Å². The van der Waals surface area contributed by atoms with Crippen LogP contribution in [0.5, 0.6) is 0 Å². The average molecular weight is 294 g/mol. The van der Waals surface area contributed by atoms with Gasteiger partial charge in [0.05, 0.1) is 5.69 Å². The molecule has 0 aliphatic heterocycles. The lowest BCUT2D eigenvalue weighted by Crippen LogP contribution is -2.35. The predicted molar refractivity (Wildman–Crippen MR) is 74.3 cm³/mol. The molecule has 0 spiro atoms. The van der Waals surface area contributed by atoms with Gasteiger partial charge in [-0.3, -0.25) is 10.1 Å². The maximum atomic E-state index is 13.5. The van der Waals surface area contributed by atoms with Crippen molar-refractivity contribution in [2.24, 2.45) is 0 Å². The molecule has 21 heavy (non-hydrogen) atoms. The number of halogens is 1. The number of hydrogen-bond donors (Lipinski definition) is 3. The van der Waals surface area contributed by atoms with Gasteiger partial charge in [-0.25, -0.2) is 14.0 Å². The number of hydrogen-bond acceptors (Lipinski definition) is 3. The van der Waals surface area contributed by atoms with E-state index < -0.39 is 23.7 Å². The lowest BCUT2D eigenvalue weighted by Gasteiger charge is -2.09. The molecule has 3 N–H and O–H groups in total. The number of aliphatic carboxylic acids is 1. The van der Waals surface area contributed by atoms with Crippen LogP contribution in [-0.4, -0.2) is 23.0 Å². The molecule has 7 heteroatoms. The highest BCUT2D eigenvalue weighted by Crippen LogP contribution is 2.15. The zero-order valence-corrected chi connectivity index (χ0v) is 11.8. The van der Waals surface area contributed by atoms with Gasteiger partial charge in [0.2, 0.25) is 0 Å². The summed E-state index contributed by atoms with van der Waals surface area (Å²) in [6, 6.07) is 3.25. The number of carbonyl (C=O) groups excluding carboxylic acids is 2. The average Bonchev–Trinajstić information content (AvgIpc) is 2.40. The molecule has 1 aromatic carbocycles. The Morgan fingerprint density at radius 2 is 1.76 bits per heavy atom. The Hall–Kier alpha value is -2.70. The number of benzene rings is 1. The molecule has 0 radical (unpaired) electrons. The van der Waals surface area contributed by atoms with Gasteiger partial charge in [0.15, 0.2) is 0 Å². The molecule has 0 saturated heterocycles.